The van der Waals surface area contributed by atoms with Gasteiger partial charge in [0.2, 0.25) is 0 Å². The van der Waals surface area contributed by atoms with Gasteiger partial charge in [-0.2, -0.15) is 0 Å². The molecule has 0 saturated carbocycles. The van der Waals surface area contributed by atoms with Crippen molar-refractivity contribution in [3.63, 3.8) is 0 Å². The summed E-state index contributed by atoms with van der Waals surface area (Å²) in [5, 5.41) is 0. The van der Waals surface area contributed by atoms with Crippen molar-refractivity contribution in [2.75, 3.05) is 13.6 Å². The van der Waals surface area contributed by atoms with Crippen LogP contribution in [-0.4, -0.2) is 26.3 Å². The Morgan fingerprint density at radius 1 is 1.53 bits per heavy atom. The van der Waals surface area contributed by atoms with Crippen LogP contribution in [0.5, 0.6) is 0 Å². The molecule has 0 spiro atoms. The van der Waals surface area contributed by atoms with E-state index < -0.39 is 10.0 Å². The Morgan fingerprint density at radius 2 is 2.24 bits per heavy atom. The molecule has 96 valence electrons. The van der Waals surface area contributed by atoms with Crippen molar-refractivity contribution in [2.24, 2.45) is 5.73 Å². The number of allylic oxidation sites excluding steroid dienone is 1. The first-order valence-corrected chi connectivity index (χ1v) is 7.64. The third-order valence-corrected chi connectivity index (χ3v) is 5.82. The molecule has 1 aromatic heterocycles. The molecule has 1 aromatic rings. The summed E-state index contributed by atoms with van der Waals surface area (Å²) in [5.74, 6) is 0. The number of sulfonamides is 1. The van der Waals surface area contributed by atoms with Gasteiger partial charge in [-0.05, 0) is 25.0 Å². The minimum Gasteiger partial charge on any atom is -0.326 e. The topological polar surface area (TPSA) is 63.4 Å². The number of rotatable bonds is 7. The highest BCUT2D eigenvalue weighted by molar-refractivity contribution is 7.91. The van der Waals surface area contributed by atoms with Gasteiger partial charge in [0, 0.05) is 25.0 Å². The summed E-state index contributed by atoms with van der Waals surface area (Å²) in [4.78, 5) is 0.878. The lowest BCUT2D eigenvalue weighted by molar-refractivity contribution is 0.464. The van der Waals surface area contributed by atoms with E-state index in [-0.39, 0.29) is 0 Å². The number of unbranched alkanes of at least 4 members (excludes halogenated alkanes) is 1. The fourth-order valence-electron chi connectivity index (χ4n) is 1.34. The third-order valence-electron chi connectivity index (χ3n) is 2.38. The summed E-state index contributed by atoms with van der Waals surface area (Å²) < 4.78 is 26.0. The van der Waals surface area contributed by atoms with Crippen LogP contribution in [0.4, 0.5) is 0 Å². The molecule has 0 atom stereocenters. The van der Waals surface area contributed by atoms with E-state index in [1.54, 1.807) is 25.3 Å². The maximum absolute atomic E-state index is 12.1. The first kappa shape index (κ1) is 14.4. The second-order valence-electron chi connectivity index (χ2n) is 3.68. The van der Waals surface area contributed by atoms with Crippen molar-refractivity contribution < 1.29 is 8.42 Å². The van der Waals surface area contributed by atoms with Crippen LogP contribution >= 0.6 is 11.3 Å². The molecule has 0 bridgehead atoms. The van der Waals surface area contributed by atoms with Crippen LogP contribution in [0.25, 0.3) is 0 Å². The van der Waals surface area contributed by atoms with E-state index in [0.29, 0.717) is 17.3 Å². The van der Waals surface area contributed by atoms with Gasteiger partial charge in [0.05, 0.1) is 0 Å². The van der Waals surface area contributed by atoms with Crippen LogP contribution in [0.1, 0.15) is 17.7 Å². The van der Waals surface area contributed by atoms with Crippen LogP contribution in [0.2, 0.25) is 0 Å². The average molecular weight is 274 g/mol. The molecule has 0 aromatic carbocycles. The quantitative estimate of drug-likeness (QED) is 0.609. The maximum atomic E-state index is 12.1. The van der Waals surface area contributed by atoms with Crippen molar-refractivity contribution in [1.29, 1.82) is 0 Å². The average Bonchev–Trinajstić information content (AvgIpc) is 2.78. The van der Waals surface area contributed by atoms with E-state index in [4.69, 9.17) is 5.73 Å². The lowest BCUT2D eigenvalue weighted by Gasteiger charge is -2.15. The fourth-order valence-corrected chi connectivity index (χ4v) is 3.99. The van der Waals surface area contributed by atoms with E-state index in [1.807, 2.05) is 0 Å². The van der Waals surface area contributed by atoms with E-state index in [1.165, 1.54) is 15.6 Å². The van der Waals surface area contributed by atoms with Crippen LogP contribution < -0.4 is 5.73 Å². The van der Waals surface area contributed by atoms with E-state index >= 15 is 0 Å². The first-order chi connectivity index (χ1) is 8.02. The van der Waals surface area contributed by atoms with Crippen LogP contribution in [-0.2, 0) is 16.6 Å². The molecule has 0 fully saturated rings. The van der Waals surface area contributed by atoms with Gasteiger partial charge in [0.25, 0.3) is 10.0 Å². The Kier molecular flexibility index (Phi) is 5.32. The van der Waals surface area contributed by atoms with Gasteiger partial charge >= 0.3 is 0 Å². The molecule has 1 heterocycles. The van der Waals surface area contributed by atoms with Crippen LogP contribution in [0.15, 0.2) is 29.0 Å². The second kappa shape index (κ2) is 6.30. The zero-order valence-corrected chi connectivity index (χ0v) is 11.6. The number of hydrogen-bond acceptors (Lipinski definition) is 4. The minimum atomic E-state index is -3.35. The molecule has 0 aliphatic rings. The van der Waals surface area contributed by atoms with Gasteiger partial charge in [-0.15, -0.1) is 17.9 Å². The summed E-state index contributed by atoms with van der Waals surface area (Å²) >= 11 is 1.23. The molecule has 0 saturated heterocycles. The lowest BCUT2D eigenvalue weighted by atomic mass is 10.3. The molecule has 0 aliphatic heterocycles. The monoisotopic (exact) mass is 274 g/mol. The van der Waals surface area contributed by atoms with Gasteiger partial charge in [0.1, 0.15) is 4.21 Å². The number of nitrogens with zero attached hydrogens (tertiary/aromatic N) is 1. The van der Waals surface area contributed by atoms with Gasteiger partial charge in [-0.3, -0.25) is 0 Å². The standard InChI is InChI=1S/C11H18N2O2S2/c1-3-4-5-8-13(2)17(14,15)11-7-6-10(9-12)16-11/h3,6-7H,1,4-5,8-9,12H2,2H3. The molecule has 0 amide bonds. The number of thiophene rings is 1. The normalized spacial score (nSPS) is 11.9. The van der Waals surface area contributed by atoms with Crippen molar-refractivity contribution >= 4 is 21.4 Å². The number of hydrogen-bond donors (Lipinski definition) is 1. The molecule has 6 heteroatoms. The Hall–Kier alpha value is -0.690. The molecule has 0 aliphatic carbocycles. The summed E-state index contributed by atoms with van der Waals surface area (Å²) in [6.45, 7) is 4.49. The maximum Gasteiger partial charge on any atom is 0.252 e. The minimum absolute atomic E-state index is 0.360. The van der Waals surface area contributed by atoms with Crippen LogP contribution in [0.3, 0.4) is 0 Å². The van der Waals surface area contributed by atoms with Crippen molar-refractivity contribution in [1.82, 2.24) is 4.31 Å². The van der Waals surface area contributed by atoms with Gasteiger partial charge in [0.15, 0.2) is 0 Å². The van der Waals surface area contributed by atoms with Gasteiger partial charge in [-0.25, -0.2) is 12.7 Å². The summed E-state index contributed by atoms with van der Waals surface area (Å²) in [6.07, 6.45) is 3.39. The molecule has 0 unspecified atom stereocenters. The summed E-state index contributed by atoms with van der Waals surface area (Å²) in [6, 6.07) is 3.38. The Bertz CT molecular complexity index is 466. The zero-order chi connectivity index (χ0) is 12.9. The Morgan fingerprint density at radius 3 is 2.76 bits per heavy atom. The number of nitrogens with two attached hydrogens (primary N) is 1. The molecule has 17 heavy (non-hydrogen) atoms. The Labute approximate surface area is 107 Å². The van der Waals surface area contributed by atoms with Gasteiger partial charge in [-0.1, -0.05) is 6.08 Å². The highest BCUT2D eigenvalue weighted by atomic mass is 32.2. The predicted octanol–water partition coefficient (Wildman–Crippen LogP) is 1.79. The largest absolute Gasteiger partial charge is 0.326 e. The second-order valence-corrected chi connectivity index (χ2v) is 7.12. The molecule has 1 rings (SSSR count). The Balaban J connectivity index is 2.76. The highest BCUT2D eigenvalue weighted by Gasteiger charge is 2.21. The fraction of sp³-hybridized carbons (Fsp3) is 0.455. The zero-order valence-electron chi connectivity index (χ0n) is 9.93. The van der Waals surface area contributed by atoms with Crippen molar-refractivity contribution in [3.05, 3.63) is 29.7 Å². The summed E-state index contributed by atoms with van der Waals surface area (Å²) in [7, 11) is -1.75. The third kappa shape index (κ3) is 3.64. The predicted molar refractivity (Wildman–Crippen MR) is 71.5 cm³/mol. The molecule has 4 nitrogen and oxygen atoms in total. The smallest absolute Gasteiger partial charge is 0.252 e. The lowest BCUT2D eigenvalue weighted by Crippen LogP contribution is -2.27. The molecular weight excluding hydrogens is 256 g/mol. The van der Waals surface area contributed by atoms with Gasteiger partial charge < -0.3 is 5.73 Å². The van der Waals surface area contributed by atoms with Crippen molar-refractivity contribution in [3.8, 4) is 0 Å². The first-order valence-electron chi connectivity index (χ1n) is 5.38. The highest BCUT2D eigenvalue weighted by Crippen LogP contribution is 2.24. The van der Waals surface area contributed by atoms with E-state index in [9.17, 15) is 8.42 Å². The SMILES string of the molecule is C=CCCCN(C)S(=O)(=O)c1ccc(CN)s1. The molecular formula is C11H18N2O2S2. The summed E-state index contributed by atoms with van der Waals surface area (Å²) in [5.41, 5.74) is 5.47. The van der Waals surface area contributed by atoms with Crippen molar-refractivity contribution in [2.45, 2.75) is 23.6 Å². The molecule has 0 radical (unpaired) electrons. The van der Waals surface area contributed by atoms with Crippen LogP contribution in [0, 0.1) is 0 Å². The molecule has 2 N–H and O–H groups in total. The van der Waals surface area contributed by atoms with E-state index in [2.05, 4.69) is 6.58 Å². The van der Waals surface area contributed by atoms with E-state index in [0.717, 1.165) is 17.7 Å².